The van der Waals surface area contributed by atoms with Crippen LogP contribution in [0.25, 0.3) is 0 Å². The SMILES string of the molecule is CC(O)C(N)C(=O)NC(Cc1ccc(O)cc1)C(=O)NC(C(=O)NC(CCC(=O)O)C(=O)O)C(C)O. The zero-order chi connectivity index (χ0) is 27.6. The molecule has 14 nitrogen and oxygen atoms in total. The molecule has 6 unspecified atom stereocenters. The molecule has 0 aliphatic rings. The van der Waals surface area contributed by atoms with E-state index in [1.54, 1.807) is 0 Å². The summed E-state index contributed by atoms with van der Waals surface area (Å²) in [6.07, 6.45) is -3.86. The second-order valence-corrected chi connectivity index (χ2v) is 8.26. The van der Waals surface area contributed by atoms with E-state index in [0.29, 0.717) is 5.56 Å². The second-order valence-electron chi connectivity index (χ2n) is 8.26. The standard InChI is InChI=1S/C22H32N4O10/c1-10(27)17(23)20(33)25-15(9-12-3-5-13(29)6-4-12)19(32)26-18(11(2)28)21(34)24-14(22(35)36)7-8-16(30)31/h3-6,10-11,14-15,17-18,27-29H,7-9,23H2,1-2H3,(H,24,34)(H,25,33)(H,26,32)(H,30,31)(H,35,36). The Morgan fingerprint density at radius 1 is 0.833 bits per heavy atom. The summed E-state index contributed by atoms with van der Waals surface area (Å²) in [5.41, 5.74) is 6.12. The molecular formula is C22H32N4O10. The molecule has 0 aliphatic heterocycles. The minimum absolute atomic E-state index is 0.0402. The molecule has 0 spiro atoms. The number of rotatable bonds is 14. The van der Waals surface area contributed by atoms with Crippen LogP contribution >= 0.6 is 0 Å². The second kappa shape index (κ2) is 14.0. The fourth-order valence-electron chi connectivity index (χ4n) is 3.01. The van der Waals surface area contributed by atoms with Crippen LogP contribution in [0.4, 0.5) is 0 Å². The molecule has 0 bridgehead atoms. The smallest absolute Gasteiger partial charge is 0.326 e. The number of nitrogens with one attached hydrogen (secondary N) is 3. The van der Waals surface area contributed by atoms with E-state index < -0.39 is 78.9 Å². The molecule has 6 atom stereocenters. The van der Waals surface area contributed by atoms with E-state index in [1.807, 2.05) is 0 Å². The van der Waals surface area contributed by atoms with Gasteiger partial charge in [0, 0.05) is 12.8 Å². The van der Waals surface area contributed by atoms with Gasteiger partial charge in [-0.3, -0.25) is 19.2 Å². The highest BCUT2D eigenvalue weighted by Gasteiger charge is 2.33. The van der Waals surface area contributed by atoms with E-state index in [2.05, 4.69) is 16.0 Å². The summed E-state index contributed by atoms with van der Waals surface area (Å²) in [4.78, 5) is 60.2. The van der Waals surface area contributed by atoms with Crippen molar-refractivity contribution in [1.29, 1.82) is 0 Å². The summed E-state index contributed by atoms with van der Waals surface area (Å²) in [5, 5.41) is 53.8. The van der Waals surface area contributed by atoms with Gasteiger partial charge in [0.1, 0.15) is 29.9 Å². The number of aliphatic hydroxyl groups is 2. The molecule has 0 aliphatic carbocycles. The number of benzene rings is 1. The zero-order valence-corrected chi connectivity index (χ0v) is 19.7. The predicted molar refractivity (Wildman–Crippen MR) is 123 cm³/mol. The number of phenols is 1. The predicted octanol–water partition coefficient (Wildman–Crippen LogP) is -2.57. The number of carbonyl (C=O) groups excluding carboxylic acids is 3. The monoisotopic (exact) mass is 512 g/mol. The van der Waals surface area contributed by atoms with Crippen LogP contribution in [0.15, 0.2) is 24.3 Å². The fraction of sp³-hybridized carbons (Fsp3) is 0.500. The van der Waals surface area contributed by atoms with Crippen molar-refractivity contribution in [3.05, 3.63) is 29.8 Å². The molecule has 0 saturated carbocycles. The number of nitrogens with two attached hydrogens (primary N) is 1. The average Bonchev–Trinajstić information content (AvgIpc) is 2.79. The first kappa shape index (κ1) is 30.3. The lowest BCUT2D eigenvalue weighted by Crippen LogP contribution is -2.60. The molecule has 0 heterocycles. The number of amides is 3. The van der Waals surface area contributed by atoms with Crippen molar-refractivity contribution < 1.29 is 49.5 Å². The Balaban J connectivity index is 3.09. The third kappa shape index (κ3) is 9.85. The number of carboxylic acids is 2. The lowest BCUT2D eigenvalue weighted by molar-refractivity contribution is -0.144. The summed E-state index contributed by atoms with van der Waals surface area (Å²) >= 11 is 0. The van der Waals surface area contributed by atoms with Crippen molar-refractivity contribution >= 4 is 29.7 Å². The highest BCUT2D eigenvalue weighted by atomic mass is 16.4. The molecule has 0 radical (unpaired) electrons. The summed E-state index contributed by atoms with van der Waals surface area (Å²) in [6, 6.07) is -0.308. The van der Waals surface area contributed by atoms with Crippen LogP contribution in [0.3, 0.4) is 0 Å². The molecule has 0 saturated heterocycles. The minimum atomic E-state index is -1.66. The molecule has 1 rings (SSSR count). The fourth-order valence-corrected chi connectivity index (χ4v) is 3.01. The summed E-state index contributed by atoms with van der Waals surface area (Å²) < 4.78 is 0. The van der Waals surface area contributed by atoms with E-state index in [-0.39, 0.29) is 12.2 Å². The number of phenolic OH excluding ortho intramolecular Hbond substituents is 1. The van der Waals surface area contributed by atoms with Crippen molar-refractivity contribution in [3.63, 3.8) is 0 Å². The summed E-state index contributed by atoms with van der Waals surface area (Å²) in [7, 11) is 0. The minimum Gasteiger partial charge on any atom is -0.508 e. The normalized spacial score (nSPS) is 15.9. The number of hydrogen-bond acceptors (Lipinski definition) is 9. The average molecular weight is 513 g/mol. The third-order valence-electron chi connectivity index (χ3n) is 5.16. The molecule has 14 heteroatoms. The Kier molecular flexibility index (Phi) is 11.7. The largest absolute Gasteiger partial charge is 0.508 e. The van der Waals surface area contributed by atoms with E-state index in [1.165, 1.54) is 31.2 Å². The van der Waals surface area contributed by atoms with Crippen LogP contribution < -0.4 is 21.7 Å². The highest BCUT2D eigenvalue weighted by Crippen LogP contribution is 2.12. The van der Waals surface area contributed by atoms with Gasteiger partial charge in [-0.1, -0.05) is 12.1 Å². The van der Waals surface area contributed by atoms with Crippen LogP contribution in [0.1, 0.15) is 32.3 Å². The van der Waals surface area contributed by atoms with Crippen LogP contribution in [-0.2, 0) is 30.4 Å². The molecule has 1 aromatic carbocycles. The number of carboxylic acid groups (broad SMARTS) is 2. The number of aliphatic hydroxyl groups excluding tert-OH is 2. The lowest BCUT2D eigenvalue weighted by atomic mass is 10.0. The van der Waals surface area contributed by atoms with Crippen LogP contribution in [-0.4, -0.2) is 91.6 Å². The van der Waals surface area contributed by atoms with Crippen LogP contribution in [0.5, 0.6) is 5.75 Å². The van der Waals surface area contributed by atoms with E-state index in [0.717, 1.165) is 6.92 Å². The quantitative estimate of drug-likeness (QED) is 0.125. The number of hydrogen-bond donors (Lipinski definition) is 9. The summed E-state index contributed by atoms with van der Waals surface area (Å²) in [5.74, 6) is -5.73. The Bertz CT molecular complexity index is 935. The van der Waals surface area contributed by atoms with Gasteiger partial charge in [0.25, 0.3) is 0 Å². The van der Waals surface area contributed by atoms with Gasteiger partial charge in [-0.2, -0.15) is 0 Å². The van der Waals surface area contributed by atoms with E-state index in [4.69, 9.17) is 10.8 Å². The van der Waals surface area contributed by atoms with Gasteiger partial charge in [-0.15, -0.1) is 0 Å². The molecule has 0 aromatic heterocycles. The first-order chi connectivity index (χ1) is 16.7. The van der Waals surface area contributed by atoms with Crippen LogP contribution in [0.2, 0.25) is 0 Å². The van der Waals surface area contributed by atoms with Gasteiger partial charge in [-0.05, 0) is 38.0 Å². The van der Waals surface area contributed by atoms with Crippen LogP contribution in [0, 0.1) is 0 Å². The molecular weight excluding hydrogens is 480 g/mol. The van der Waals surface area contributed by atoms with Crippen molar-refractivity contribution in [2.24, 2.45) is 5.73 Å². The van der Waals surface area contributed by atoms with Gasteiger partial charge in [0.05, 0.1) is 12.2 Å². The topological polar surface area (TPSA) is 249 Å². The van der Waals surface area contributed by atoms with Gasteiger partial charge in [0.2, 0.25) is 17.7 Å². The molecule has 36 heavy (non-hydrogen) atoms. The van der Waals surface area contributed by atoms with Gasteiger partial charge >= 0.3 is 11.9 Å². The van der Waals surface area contributed by atoms with E-state index in [9.17, 15) is 44.4 Å². The first-order valence-corrected chi connectivity index (χ1v) is 11.0. The molecule has 0 fully saturated rings. The molecule has 3 amide bonds. The maximum absolute atomic E-state index is 13.0. The third-order valence-corrected chi connectivity index (χ3v) is 5.16. The van der Waals surface area contributed by atoms with Crippen molar-refractivity contribution in [1.82, 2.24) is 16.0 Å². The molecule has 200 valence electrons. The highest BCUT2D eigenvalue weighted by molar-refractivity contribution is 5.94. The number of carbonyl (C=O) groups is 5. The molecule has 10 N–H and O–H groups in total. The lowest BCUT2D eigenvalue weighted by Gasteiger charge is -2.27. The Labute approximate surface area is 206 Å². The number of aliphatic carboxylic acids is 2. The number of aromatic hydroxyl groups is 1. The van der Waals surface area contributed by atoms with Gasteiger partial charge < -0.3 is 47.2 Å². The summed E-state index contributed by atoms with van der Waals surface area (Å²) in [6.45, 7) is 2.44. The maximum Gasteiger partial charge on any atom is 0.326 e. The molecule has 1 aromatic rings. The van der Waals surface area contributed by atoms with Crippen molar-refractivity contribution in [2.75, 3.05) is 0 Å². The maximum atomic E-state index is 13.0. The van der Waals surface area contributed by atoms with Crippen molar-refractivity contribution in [2.45, 2.75) is 69.5 Å². The Morgan fingerprint density at radius 3 is 1.86 bits per heavy atom. The van der Waals surface area contributed by atoms with Crippen molar-refractivity contribution in [3.8, 4) is 5.75 Å². The zero-order valence-electron chi connectivity index (χ0n) is 19.7. The van der Waals surface area contributed by atoms with Gasteiger partial charge in [0.15, 0.2) is 0 Å². The van der Waals surface area contributed by atoms with Gasteiger partial charge in [-0.25, -0.2) is 4.79 Å². The van der Waals surface area contributed by atoms with E-state index >= 15 is 0 Å². The Hall–Kier alpha value is -3.75. The first-order valence-electron chi connectivity index (χ1n) is 11.0. The Morgan fingerprint density at radius 2 is 1.39 bits per heavy atom.